The first-order valence-corrected chi connectivity index (χ1v) is 9.41. The zero-order chi connectivity index (χ0) is 15.1. The van der Waals surface area contributed by atoms with Crippen molar-refractivity contribution in [1.29, 1.82) is 0 Å². The van der Waals surface area contributed by atoms with E-state index in [4.69, 9.17) is 0 Å². The monoisotopic (exact) mass is 351 g/mol. The zero-order valence-electron chi connectivity index (χ0n) is 13.6. The Bertz CT molecular complexity index is 431. The SMILES string of the molecule is CCCCCCCC1(C)CCNCC1c1cccc(Br)c1. The van der Waals surface area contributed by atoms with Crippen molar-refractivity contribution >= 4 is 15.9 Å². The number of hydrogen-bond acceptors (Lipinski definition) is 1. The van der Waals surface area contributed by atoms with Gasteiger partial charge in [-0.2, -0.15) is 0 Å². The summed E-state index contributed by atoms with van der Waals surface area (Å²) in [5.74, 6) is 0.648. The fraction of sp³-hybridized carbons (Fsp3) is 0.684. The predicted molar refractivity (Wildman–Crippen MR) is 95.9 cm³/mol. The maximum Gasteiger partial charge on any atom is 0.0178 e. The lowest BCUT2D eigenvalue weighted by Gasteiger charge is -2.42. The Morgan fingerprint density at radius 3 is 2.81 bits per heavy atom. The van der Waals surface area contributed by atoms with Gasteiger partial charge in [-0.05, 0) is 42.5 Å². The van der Waals surface area contributed by atoms with Crippen LogP contribution in [-0.4, -0.2) is 13.1 Å². The van der Waals surface area contributed by atoms with Crippen LogP contribution in [0.25, 0.3) is 0 Å². The minimum atomic E-state index is 0.457. The Balaban J connectivity index is 2.00. The van der Waals surface area contributed by atoms with Crippen LogP contribution in [0.2, 0.25) is 0 Å². The van der Waals surface area contributed by atoms with Crippen LogP contribution in [-0.2, 0) is 0 Å². The summed E-state index contributed by atoms with van der Waals surface area (Å²) in [5, 5.41) is 3.60. The molecule has 1 N–H and O–H groups in total. The van der Waals surface area contributed by atoms with E-state index in [2.05, 4.69) is 59.4 Å². The average Bonchev–Trinajstić information content (AvgIpc) is 2.47. The van der Waals surface area contributed by atoms with Gasteiger partial charge in [0.2, 0.25) is 0 Å². The zero-order valence-corrected chi connectivity index (χ0v) is 15.2. The molecule has 2 unspecified atom stereocenters. The van der Waals surface area contributed by atoms with Crippen molar-refractivity contribution in [2.45, 2.75) is 64.7 Å². The molecule has 1 aromatic rings. The highest BCUT2D eigenvalue weighted by atomic mass is 79.9. The van der Waals surface area contributed by atoms with Crippen LogP contribution in [0.1, 0.15) is 70.3 Å². The first-order chi connectivity index (χ1) is 10.2. The molecule has 2 atom stereocenters. The molecule has 118 valence electrons. The van der Waals surface area contributed by atoms with Crippen LogP contribution in [0.3, 0.4) is 0 Å². The third-order valence-electron chi connectivity index (χ3n) is 5.17. The third-order valence-corrected chi connectivity index (χ3v) is 5.66. The molecule has 0 saturated carbocycles. The standard InChI is InChI=1S/C19H30BrN/c1-3-4-5-6-7-11-19(2)12-13-21-15-18(19)16-9-8-10-17(20)14-16/h8-10,14,18,21H,3-7,11-13,15H2,1-2H3. The maximum absolute atomic E-state index is 3.63. The molecule has 1 aromatic carbocycles. The molecule has 2 rings (SSSR count). The minimum Gasteiger partial charge on any atom is -0.316 e. The lowest BCUT2D eigenvalue weighted by atomic mass is 9.66. The summed E-state index contributed by atoms with van der Waals surface area (Å²) in [5.41, 5.74) is 1.95. The van der Waals surface area contributed by atoms with Crippen LogP contribution in [0.4, 0.5) is 0 Å². The van der Waals surface area contributed by atoms with Crippen molar-refractivity contribution in [2.75, 3.05) is 13.1 Å². The molecule has 0 aliphatic carbocycles. The average molecular weight is 352 g/mol. The highest BCUT2D eigenvalue weighted by Gasteiger charge is 2.36. The van der Waals surface area contributed by atoms with E-state index in [1.807, 2.05) is 0 Å². The molecule has 1 fully saturated rings. The number of unbranched alkanes of at least 4 members (excludes halogenated alkanes) is 4. The molecule has 0 bridgehead atoms. The first-order valence-electron chi connectivity index (χ1n) is 8.62. The molecular formula is C19H30BrN. The Hall–Kier alpha value is -0.340. The van der Waals surface area contributed by atoms with Crippen LogP contribution >= 0.6 is 15.9 Å². The molecule has 1 aliphatic heterocycles. The third kappa shape index (κ3) is 4.82. The molecule has 0 radical (unpaired) electrons. The summed E-state index contributed by atoms with van der Waals surface area (Å²) in [6.45, 7) is 7.11. The number of piperidine rings is 1. The van der Waals surface area contributed by atoms with E-state index in [1.165, 1.54) is 61.5 Å². The van der Waals surface area contributed by atoms with E-state index in [-0.39, 0.29) is 0 Å². The lowest BCUT2D eigenvalue weighted by molar-refractivity contribution is 0.166. The predicted octanol–water partition coefficient (Wildman–Crippen LogP) is 5.89. The van der Waals surface area contributed by atoms with E-state index in [0.717, 1.165) is 6.54 Å². The van der Waals surface area contributed by atoms with Gasteiger partial charge in [0.1, 0.15) is 0 Å². The molecule has 1 nitrogen and oxygen atoms in total. The molecule has 21 heavy (non-hydrogen) atoms. The summed E-state index contributed by atoms with van der Waals surface area (Å²) < 4.78 is 1.20. The highest BCUT2D eigenvalue weighted by molar-refractivity contribution is 9.10. The van der Waals surface area contributed by atoms with Gasteiger partial charge < -0.3 is 5.32 Å². The van der Waals surface area contributed by atoms with E-state index < -0.39 is 0 Å². The molecule has 0 amide bonds. The van der Waals surface area contributed by atoms with Crippen molar-refractivity contribution in [2.24, 2.45) is 5.41 Å². The molecular weight excluding hydrogens is 322 g/mol. The Morgan fingerprint density at radius 2 is 2.05 bits per heavy atom. The summed E-state index contributed by atoms with van der Waals surface area (Å²) in [6.07, 6.45) is 9.61. The number of hydrogen-bond donors (Lipinski definition) is 1. The fourth-order valence-electron chi connectivity index (χ4n) is 3.72. The van der Waals surface area contributed by atoms with Crippen molar-refractivity contribution < 1.29 is 0 Å². The highest BCUT2D eigenvalue weighted by Crippen LogP contribution is 2.44. The van der Waals surface area contributed by atoms with Crippen LogP contribution in [0.5, 0.6) is 0 Å². The second-order valence-electron chi connectivity index (χ2n) is 6.88. The number of nitrogens with one attached hydrogen (secondary N) is 1. The summed E-state index contributed by atoms with van der Waals surface area (Å²) in [6, 6.07) is 8.92. The van der Waals surface area contributed by atoms with E-state index in [1.54, 1.807) is 0 Å². The summed E-state index contributed by atoms with van der Waals surface area (Å²) in [4.78, 5) is 0. The molecule has 0 spiro atoms. The van der Waals surface area contributed by atoms with Gasteiger partial charge in [-0.3, -0.25) is 0 Å². The van der Waals surface area contributed by atoms with E-state index in [9.17, 15) is 0 Å². The second kappa shape index (κ2) is 8.33. The minimum absolute atomic E-state index is 0.457. The maximum atomic E-state index is 3.63. The van der Waals surface area contributed by atoms with Crippen molar-refractivity contribution in [3.05, 3.63) is 34.3 Å². The Labute approximate surface area is 139 Å². The Kier molecular flexibility index (Phi) is 6.75. The lowest BCUT2D eigenvalue weighted by Crippen LogP contribution is -2.42. The normalized spacial score (nSPS) is 26.0. The van der Waals surface area contributed by atoms with Gasteiger partial charge in [-0.25, -0.2) is 0 Å². The van der Waals surface area contributed by atoms with Crippen LogP contribution in [0, 0.1) is 5.41 Å². The van der Waals surface area contributed by atoms with Gasteiger partial charge in [0, 0.05) is 16.9 Å². The number of rotatable bonds is 7. The van der Waals surface area contributed by atoms with E-state index >= 15 is 0 Å². The van der Waals surface area contributed by atoms with Gasteiger partial charge in [0.25, 0.3) is 0 Å². The van der Waals surface area contributed by atoms with Crippen LogP contribution < -0.4 is 5.32 Å². The van der Waals surface area contributed by atoms with Crippen LogP contribution in [0.15, 0.2) is 28.7 Å². The Morgan fingerprint density at radius 1 is 1.24 bits per heavy atom. The molecule has 1 saturated heterocycles. The summed E-state index contributed by atoms with van der Waals surface area (Å²) >= 11 is 3.63. The van der Waals surface area contributed by atoms with Crippen molar-refractivity contribution in [3.8, 4) is 0 Å². The molecule has 0 aromatic heterocycles. The number of benzene rings is 1. The van der Waals surface area contributed by atoms with E-state index in [0.29, 0.717) is 11.3 Å². The molecule has 2 heteroatoms. The largest absolute Gasteiger partial charge is 0.316 e. The van der Waals surface area contributed by atoms with Crippen molar-refractivity contribution in [3.63, 3.8) is 0 Å². The number of halogens is 1. The first kappa shape index (κ1) is 17.0. The molecule has 1 heterocycles. The fourth-order valence-corrected chi connectivity index (χ4v) is 4.13. The van der Waals surface area contributed by atoms with Gasteiger partial charge in [0.15, 0.2) is 0 Å². The van der Waals surface area contributed by atoms with Gasteiger partial charge >= 0.3 is 0 Å². The van der Waals surface area contributed by atoms with Crippen molar-refractivity contribution in [1.82, 2.24) is 5.32 Å². The van der Waals surface area contributed by atoms with Gasteiger partial charge in [-0.1, -0.05) is 74.0 Å². The quantitative estimate of drug-likeness (QED) is 0.603. The van der Waals surface area contributed by atoms with Gasteiger partial charge in [0.05, 0.1) is 0 Å². The smallest absolute Gasteiger partial charge is 0.0178 e. The second-order valence-corrected chi connectivity index (χ2v) is 7.80. The molecule has 1 aliphatic rings. The topological polar surface area (TPSA) is 12.0 Å². The van der Waals surface area contributed by atoms with Gasteiger partial charge in [-0.15, -0.1) is 0 Å². The summed E-state index contributed by atoms with van der Waals surface area (Å²) in [7, 11) is 0.